The van der Waals surface area contributed by atoms with Gasteiger partial charge in [0.05, 0.1) is 6.54 Å². The normalized spacial score (nSPS) is 13.7. The number of carbonyl (C=O) groups excluding carboxylic acids is 1. The summed E-state index contributed by atoms with van der Waals surface area (Å²) in [6.07, 6.45) is 4.07. The van der Waals surface area contributed by atoms with Gasteiger partial charge in [0, 0.05) is 47.2 Å². The number of nitrogens with one attached hydrogen (secondary N) is 1. The molecule has 0 saturated heterocycles. The minimum Gasteiger partial charge on any atom is -0.358 e. The van der Waals surface area contributed by atoms with E-state index in [-0.39, 0.29) is 5.91 Å². The minimum absolute atomic E-state index is 0.0817. The predicted molar refractivity (Wildman–Crippen MR) is 102 cm³/mol. The maximum Gasteiger partial charge on any atom is 0.254 e. The molecule has 5 rings (SSSR count). The first kappa shape index (κ1) is 15.8. The first-order valence-corrected chi connectivity index (χ1v) is 9.07. The third-order valence-corrected chi connectivity index (χ3v) is 5.18. The molecule has 3 heterocycles. The first-order chi connectivity index (χ1) is 13.3. The van der Waals surface area contributed by atoms with Crippen molar-refractivity contribution >= 4 is 16.8 Å². The molecule has 0 saturated carbocycles. The van der Waals surface area contributed by atoms with Crippen LogP contribution in [0.25, 0.3) is 10.9 Å². The standard InChI is InChI=1S/C21H19N5O/c27-21(16-7-5-15(6-8-16)11-26-14-22-13-23-26)25-10-9-20-18(12-25)17-3-1-2-4-19(17)24-20/h1-8,13-14,24H,9-12H2. The smallest absolute Gasteiger partial charge is 0.254 e. The second kappa shape index (κ2) is 6.39. The summed E-state index contributed by atoms with van der Waals surface area (Å²) in [7, 11) is 0. The Bertz CT molecular complexity index is 1100. The van der Waals surface area contributed by atoms with E-state index in [1.807, 2.05) is 41.3 Å². The van der Waals surface area contributed by atoms with Crippen LogP contribution in [0.4, 0.5) is 0 Å². The molecule has 134 valence electrons. The quantitative estimate of drug-likeness (QED) is 0.613. The number of carbonyl (C=O) groups is 1. The Morgan fingerprint density at radius 3 is 2.78 bits per heavy atom. The van der Waals surface area contributed by atoms with Crippen molar-refractivity contribution in [2.24, 2.45) is 0 Å². The van der Waals surface area contributed by atoms with E-state index in [0.29, 0.717) is 13.1 Å². The van der Waals surface area contributed by atoms with Gasteiger partial charge < -0.3 is 9.88 Å². The highest BCUT2D eigenvalue weighted by Gasteiger charge is 2.24. The fraction of sp³-hybridized carbons (Fsp3) is 0.190. The molecule has 27 heavy (non-hydrogen) atoms. The molecular weight excluding hydrogens is 338 g/mol. The largest absolute Gasteiger partial charge is 0.358 e. The molecule has 1 aliphatic heterocycles. The van der Waals surface area contributed by atoms with Crippen LogP contribution in [-0.4, -0.2) is 37.1 Å². The van der Waals surface area contributed by atoms with Crippen LogP contribution < -0.4 is 0 Å². The Balaban J connectivity index is 1.35. The zero-order valence-corrected chi connectivity index (χ0v) is 14.8. The number of hydrogen-bond acceptors (Lipinski definition) is 3. The van der Waals surface area contributed by atoms with Crippen LogP contribution in [0.3, 0.4) is 0 Å². The summed E-state index contributed by atoms with van der Waals surface area (Å²) in [4.78, 5) is 22.4. The molecule has 0 unspecified atom stereocenters. The highest BCUT2D eigenvalue weighted by Crippen LogP contribution is 2.28. The zero-order valence-electron chi connectivity index (χ0n) is 14.8. The molecule has 1 N–H and O–H groups in total. The third kappa shape index (κ3) is 2.89. The second-order valence-electron chi connectivity index (χ2n) is 6.89. The molecule has 2 aromatic heterocycles. The average Bonchev–Trinajstić information content (AvgIpc) is 3.35. The highest BCUT2D eigenvalue weighted by atomic mass is 16.2. The number of hydrogen-bond donors (Lipinski definition) is 1. The number of aromatic amines is 1. The Morgan fingerprint density at radius 1 is 1.11 bits per heavy atom. The van der Waals surface area contributed by atoms with Gasteiger partial charge in [-0.3, -0.25) is 4.79 Å². The third-order valence-electron chi connectivity index (χ3n) is 5.18. The molecule has 1 aliphatic rings. The van der Waals surface area contributed by atoms with Gasteiger partial charge in [0.25, 0.3) is 5.91 Å². The molecule has 4 aromatic rings. The number of H-pyrrole nitrogens is 1. The van der Waals surface area contributed by atoms with Gasteiger partial charge >= 0.3 is 0 Å². The summed E-state index contributed by atoms with van der Waals surface area (Å²) in [6.45, 7) is 2.04. The summed E-state index contributed by atoms with van der Waals surface area (Å²) in [5, 5.41) is 5.33. The van der Waals surface area contributed by atoms with Crippen LogP contribution in [0.5, 0.6) is 0 Å². The number of aromatic nitrogens is 4. The van der Waals surface area contributed by atoms with E-state index < -0.39 is 0 Å². The van der Waals surface area contributed by atoms with Gasteiger partial charge in [-0.15, -0.1) is 0 Å². The van der Waals surface area contributed by atoms with E-state index in [4.69, 9.17) is 0 Å². The zero-order chi connectivity index (χ0) is 18.2. The van der Waals surface area contributed by atoms with Crippen LogP contribution in [0, 0.1) is 0 Å². The first-order valence-electron chi connectivity index (χ1n) is 9.07. The van der Waals surface area contributed by atoms with Crippen molar-refractivity contribution in [3.8, 4) is 0 Å². The molecule has 0 radical (unpaired) electrons. The number of fused-ring (bicyclic) bond motifs is 3. The maximum atomic E-state index is 13.0. The Morgan fingerprint density at radius 2 is 1.96 bits per heavy atom. The fourth-order valence-electron chi connectivity index (χ4n) is 3.78. The summed E-state index contributed by atoms with van der Waals surface area (Å²) < 4.78 is 1.76. The fourth-order valence-corrected chi connectivity index (χ4v) is 3.78. The van der Waals surface area contributed by atoms with Crippen molar-refractivity contribution in [2.75, 3.05) is 6.54 Å². The van der Waals surface area contributed by atoms with Gasteiger partial charge in [-0.25, -0.2) is 9.67 Å². The van der Waals surface area contributed by atoms with Crippen molar-refractivity contribution in [3.63, 3.8) is 0 Å². The van der Waals surface area contributed by atoms with Crippen LogP contribution in [0.2, 0.25) is 0 Å². The second-order valence-corrected chi connectivity index (χ2v) is 6.89. The van der Waals surface area contributed by atoms with Crippen LogP contribution in [0.15, 0.2) is 61.2 Å². The van der Waals surface area contributed by atoms with E-state index in [1.54, 1.807) is 11.0 Å². The van der Waals surface area contributed by atoms with Crippen LogP contribution >= 0.6 is 0 Å². The summed E-state index contributed by atoms with van der Waals surface area (Å²) >= 11 is 0. The molecule has 0 fully saturated rings. The Labute approximate surface area is 156 Å². The van der Waals surface area contributed by atoms with E-state index in [9.17, 15) is 4.79 Å². The van der Waals surface area contributed by atoms with Crippen molar-refractivity contribution < 1.29 is 4.79 Å². The number of nitrogens with zero attached hydrogens (tertiary/aromatic N) is 4. The van der Waals surface area contributed by atoms with Crippen molar-refractivity contribution in [2.45, 2.75) is 19.5 Å². The molecule has 1 amide bonds. The summed E-state index contributed by atoms with van der Waals surface area (Å²) in [5.74, 6) is 0.0817. The molecule has 0 spiro atoms. The Hall–Kier alpha value is -3.41. The van der Waals surface area contributed by atoms with E-state index in [2.05, 4.69) is 27.2 Å². The maximum absolute atomic E-state index is 13.0. The van der Waals surface area contributed by atoms with E-state index >= 15 is 0 Å². The number of amides is 1. The SMILES string of the molecule is O=C(c1ccc(Cn2cncn2)cc1)N1CCc2[nH]c3ccccc3c2C1. The van der Waals surface area contributed by atoms with E-state index in [1.165, 1.54) is 23.0 Å². The lowest BCUT2D eigenvalue weighted by Gasteiger charge is -2.27. The molecule has 0 aliphatic carbocycles. The highest BCUT2D eigenvalue weighted by molar-refractivity contribution is 5.95. The average molecular weight is 357 g/mol. The monoisotopic (exact) mass is 357 g/mol. The van der Waals surface area contributed by atoms with Crippen molar-refractivity contribution in [1.29, 1.82) is 0 Å². The summed E-state index contributed by atoms with van der Waals surface area (Å²) in [6, 6.07) is 16.1. The van der Waals surface area contributed by atoms with Crippen LogP contribution in [0.1, 0.15) is 27.2 Å². The predicted octanol–water partition coefficient (Wildman–Crippen LogP) is 3.01. The number of benzene rings is 2. The minimum atomic E-state index is 0.0817. The molecule has 6 heteroatoms. The lowest BCUT2D eigenvalue weighted by molar-refractivity contribution is 0.0735. The lowest BCUT2D eigenvalue weighted by Crippen LogP contribution is -2.35. The van der Waals surface area contributed by atoms with E-state index in [0.717, 1.165) is 29.6 Å². The molecular formula is C21H19N5O. The van der Waals surface area contributed by atoms with Gasteiger partial charge in [0.15, 0.2) is 0 Å². The summed E-state index contributed by atoms with van der Waals surface area (Å²) in [5.41, 5.74) is 5.46. The number of rotatable bonds is 3. The Kier molecular flexibility index (Phi) is 3.74. The van der Waals surface area contributed by atoms with Crippen molar-refractivity contribution in [3.05, 3.63) is 83.6 Å². The van der Waals surface area contributed by atoms with Gasteiger partial charge in [0.1, 0.15) is 12.7 Å². The molecule has 0 atom stereocenters. The number of para-hydroxylation sites is 1. The molecule has 2 aromatic carbocycles. The topological polar surface area (TPSA) is 66.8 Å². The van der Waals surface area contributed by atoms with Gasteiger partial charge in [-0.2, -0.15) is 5.10 Å². The van der Waals surface area contributed by atoms with Gasteiger partial charge in [-0.05, 0) is 23.8 Å². The van der Waals surface area contributed by atoms with Crippen molar-refractivity contribution in [1.82, 2.24) is 24.6 Å². The molecule has 6 nitrogen and oxygen atoms in total. The van der Waals surface area contributed by atoms with Gasteiger partial charge in [0.2, 0.25) is 0 Å². The molecule has 0 bridgehead atoms. The lowest BCUT2D eigenvalue weighted by atomic mass is 10.0. The van der Waals surface area contributed by atoms with Gasteiger partial charge in [-0.1, -0.05) is 30.3 Å². The van der Waals surface area contributed by atoms with Crippen LogP contribution in [-0.2, 0) is 19.5 Å².